The van der Waals surface area contributed by atoms with Gasteiger partial charge in [0.15, 0.2) is 23.0 Å². The minimum atomic E-state index is -0.783. The molecular weight excluding hydrogens is 458 g/mol. The molecule has 1 atom stereocenters. The summed E-state index contributed by atoms with van der Waals surface area (Å²) in [5.41, 5.74) is 1.51. The molecule has 7 nitrogen and oxygen atoms in total. The fraction of sp³-hybridized carbons (Fsp3) is 0.379. The Hall–Kier alpha value is -3.58. The van der Waals surface area contributed by atoms with Crippen molar-refractivity contribution < 1.29 is 28.9 Å². The number of ketones is 1. The number of benzene rings is 2. The molecule has 1 N–H and O–H groups in total. The largest absolute Gasteiger partial charge is 0.503 e. The van der Waals surface area contributed by atoms with Crippen LogP contribution in [0.4, 0.5) is 0 Å². The van der Waals surface area contributed by atoms with Crippen LogP contribution < -0.4 is 9.47 Å². The van der Waals surface area contributed by atoms with Crippen LogP contribution in [0.25, 0.3) is 6.08 Å². The van der Waals surface area contributed by atoms with Crippen LogP contribution in [0.2, 0.25) is 0 Å². The second kappa shape index (κ2) is 13.5. The maximum absolute atomic E-state index is 13.3. The van der Waals surface area contributed by atoms with Crippen molar-refractivity contribution in [1.82, 2.24) is 4.90 Å². The van der Waals surface area contributed by atoms with E-state index in [2.05, 4.69) is 6.92 Å². The van der Waals surface area contributed by atoms with E-state index in [4.69, 9.17) is 14.2 Å². The minimum absolute atomic E-state index is 0.0300. The molecule has 1 unspecified atom stereocenters. The Morgan fingerprint density at radius 1 is 1.03 bits per heavy atom. The number of aliphatic hydroxyl groups is 1. The average Bonchev–Trinajstić information content (AvgIpc) is 3.15. The lowest BCUT2D eigenvalue weighted by atomic mass is 9.95. The summed E-state index contributed by atoms with van der Waals surface area (Å²) in [7, 11) is 1.54. The summed E-state index contributed by atoms with van der Waals surface area (Å²) < 4.78 is 17.0. The van der Waals surface area contributed by atoms with Gasteiger partial charge in [-0.15, -0.1) is 0 Å². The van der Waals surface area contributed by atoms with Gasteiger partial charge in [-0.2, -0.15) is 0 Å². The van der Waals surface area contributed by atoms with Gasteiger partial charge < -0.3 is 24.2 Å². The first kappa shape index (κ1) is 27.0. The number of nitrogens with zero attached hydrogens (tertiary/aromatic N) is 1. The number of aliphatic hydroxyl groups excluding tert-OH is 1. The summed E-state index contributed by atoms with van der Waals surface area (Å²) in [5.74, 6) is -0.450. The maximum atomic E-state index is 13.3. The van der Waals surface area contributed by atoms with Crippen molar-refractivity contribution in [1.29, 1.82) is 0 Å². The van der Waals surface area contributed by atoms with Crippen molar-refractivity contribution in [2.24, 2.45) is 0 Å². The molecule has 192 valence electrons. The molecule has 1 amide bonds. The zero-order valence-electron chi connectivity index (χ0n) is 21.2. The number of carbonyl (C=O) groups excluding carboxylic acids is 2. The fourth-order valence-corrected chi connectivity index (χ4v) is 4.11. The number of ether oxygens (including phenoxy) is 3. The number of hydrogen-bond donors (Lipinski definition) is 1. The number of unbranched alkanes of at least 4 members (excludes halogenated alkanes) is 2. The third kappa shape index (κ3) is 6.55. The summed E-state index contributed by atoms with van der Waals surface area (Å²) in [6, 6.07) is 14.0. The van der Waals surface area contributed by atoms with E-state index in [1.54, 1.807) is 18.2 Å². The molecule has 7 heteroatoms. The molecule has 0 spiro atoms. The monoisotopic (exact) mass is 493 g/mol. The normalized spacial score (nSPS) is 15.7. The van der Waals surface area contributed by atoms with Crippen LogP contribution in [-0.2, 0) is 14.3 Å². The zero-order valence-corrected chi connectivity index (χ0v) is 21.2. The first-order valence-electron chi connectivity index (χ1n) is 12.4. The predicted molar refractivity (Wildman–Crippen MR) is 139 cm³/mol. The highest BCUT2D eigenvalue weighted by Crippen LogP contribution is 2.41. The van der Waals surface area contributed by atoms with Crippen LogP contribution >= 0.6 is 0 Å². The number of allylic oxidation sites excluding steroid dienone is 1. The molecule has 2 aromatic rings. The first-order valence-corrected chi connectivity index (χ1v) is 12.4. The van der Waals surface area contributed by atoms with E-state index in [1.165, 1.54) is 18.1 Å². The SMILES string of the molecule is CCCCCOc1ccc(C2C(C(=O)C=Cc3ccccc3)=C(O)C(=O)N2CCOC)cc1OCC. The maximum Gasteiger partial charge on any atom is 0.290 e. The predicted octanol–water partition coefficient (Wildman–Crippen LogP) is 5.28. The van der Waals surface area contributed by atoms with Gasteiger partial charge in [-0.05, 0) is 42.7 Å². The van der Waals surface area contributed by atoms with Crippen LogP contribution in [0.5, 0.6) is 11.5 Å². The number of amides is 1. The van der Waals surface area contributed by atoms with Gasteiger partial charge in [0, 0.05) is 13.7 Å². The molecule has 1 aliphatic rings. The highest BCUT2D eigenvalue weighted by atomic mass is 16.5. The van der Waals surface area contributed by atoms with E-state index in [1.807, 2.05) is 43.3 Å². The Balaban J connectivity index is 1.97. The Morgan fingerprint density at radius 3 is 2.50 bits per heavy atom. The van der Waals surface area contributed by atoms with Crippen LogP contribution in [0.3, 0.4) is 0 Å². The van der Waals surface area contributed by atoms with E-state index < -0.39 is 23.5 Å². The first-order chi connectivity index (χ1) is 17.5. The molecule has 1 heterocycles. The molecule has 2 aromatic carbocycles. The van der Waals surface area contributed by atoms with E-state index in [0.717, 1.165) is 24.8 Å². The van der Waals surface area contributed by atoms with Gasteiger partial charge in [-0.3, -0.25) is 9.59 Å². The van der Waals surface area contributed by atoms with Gasteiger partial charge in [0.05, 0.1) is 31.4 Å². The van der Waals surface area contributed by atoms with E-state index in [0.29, 0.717) is 30.3 Å². The standard InChI is InChI=1S/C29H35NO6/c1-4-6-10-18-36-24-16-14-22(20-25(24)35-5-2)27-26(28(32)29(33)30(27)17-19-34-3)23(31)15-13-21-11-8-7-9-12-21/h7-9,11-16,20,27,32H,4-6,10,17-19H2,1-3H3. The molecule has 0 fully saturated rings. The summed E-state index contributed by atoms with van der Waals surface area (Å²) in [4.78, 5) is 27.7. The van der Waals surface area contributed by atoms with Crippen molar-refractivity contribution in [3.8, 4) is 11.5 Å². The third-order valence-corrected chi connectivity index (χ3v) is 5.92. The molecule has 0 bridgehead atoms. The molecule has 0 aliphatic carbocycles. The van der Waals surface area contributed by atoms with E-state index in [-0.39, 0.29) is 18.7 Å². The molecule has 3 rings (SSSR count). The van der Waals surface area contributed by atoms with Gasteiger partial charge in [0.2, 0.25) is 0 Å². The number of methoxy groups -OCH3 is 1. The average molecular weight is 494 g/mol. The van der Waals surface area contributed by atoms with Gasteiger partial charge in [0.25, 0.3) is 5.91 Å². The third-order valence-electron chi connectivity index (χ3n) is 5.92. The van der Waals surface area contributed by atoms with Crippen molar-refractivity contribution >= 4 is 17.8 Å². The molecule has 0 aromatic heterocycles. The van der Waals surface area contributed by atoms with E-state index >= 15 is 0 Å². The van der Waals surface area contributed by atoms with Crippen molar-refractivity contribution in [3.63, 3.8) is 0 Å². The van der Waals surface area contributed by atoms with Crippen LogP contribution in [0, 0.1) is 0 Å². The Bertz CT molecular complexity index is 1090. The van der Waals surface area contributed by atoms with Crippen LogP contribution in [0.1, 0.15) is 50.3 Å². The lowest BCUT2D eigenvalue weighted by Gasteiger charge is -2.27. The van der Waals surface area contributed by atoms with Crippen molar-refractivity contribution in [3.05, 3.63) is 77.1 Å². The second-order valence-corrected chi connectivity index (χ2v) is 8.46. The number of rotatable bonds is 14. The fourth-order valence-electron chi connectivity index (χ4n) is 4.11. The van der Waals surface area contributed by atoms with Gasteiger partial charge in [-0.1, -0.05) is 62.2 Å². The van der Waals surface area contributed by atoms with Gasteiger partial charge in [0.1, 0.15) is 0 Å². The Kier molecular flexibility index (Phi) is 10.1. The highest BCUT2D eigenvalue weighted by Gasteiger charge is 2.43. The topological polar surface area (TPSA) is 85.3 Å². The molecule has 1 aliphatic heterocycles. The minimum Gasteiger partial charge on any atom is -0.503 e. The summed E-state index contributed by atoms with van der Waals surface area (Å²) in [5, 5.41) is 10.8. The smallest absolute Gasteiger partial charge is 0.290 e. The highest BCUT2D eigenvalue weighted by molar-refractivity contribution is 6.14. The summed E-state index contributed by atoms with van der Waals surface area (Å²) in [6.07, 6.45) is 6.16. The molecular formula is C29H35NO6. The summed E-state index contributed by atoms with van der Waals surface area (Å²) in [6.45, 7) is 5.49. The molecule has 0 radical (unpaired) electrons. The van der Waals surface area contributed by atoms with Gasteiger partial charge >= 0.3 is 0 Å². The van der Waals surface area contributed by atoms with Crippen LogP contribution in [0.15, 0.2) is 65.9 Å². The van der Waals surface area contributed by atoms with Crippen molar-refractivity contribution in [2.75, 3.05) is 33.5 Å². The van der Waals surface area contributed by atoms with Gasteiger partial charge in [-0.25, -0.2) is 0 Å². The number of carbonyl (C=O) groups is 2. The molecule has 0 saturated carbocycles. The number of hydrogen-bond acceptors (Lipinski definition) is 6. The van der Waals surface area contributed by atoms with Crippen molar-refractivity contribution in [2.45, 2.75) is 39.2 Å². The quantitative estimate of drug-likeness (QED) is 0.285. The Labute approximate surface area is 213 Å². The lowest BCUT2D eigenvalue weighted by Crippen LogP contribution is -2.33. The zero-order chi connectivity index (χ0) is 25.9. The molecule has 0 saturated heterocycles. The van der Waals surface area contributed by atoms with E-state index in [9.17, 15) is 14.7 Å². The Morgan fingerprint density at radius 2 is 1.81 bits per heavy atom. The molecule has 36 heavy (non-hydrogen) atoms. The lowest BCUT2D eigenvalue weighted by molar-refractivity contribution is -0.130. The summed E-state index contributed by atoms with van der Waals surface area (Å²) >= 11 is 0. The van der Waals surface area contributed by atoms with Crippen LogP contribution in [-0.4, -0.2) is 55.2 Å². The second-order valence-electron chi connectivity index (χ2n) is 8.46.